The Hall–Kier alpha value is -1.47. The molecular weight excluding hydrogens is 331 g/mol. The Bertz CT molecular complexity index is 497. The topological polar surface area (TPSA) is 67.4 Å². The van der Waals surface area contributed by atoms with Crippen molar-refractivity contribution in [3.8, 4) is 0 Å². The van der Waals surface area contributed by atoms with Crippen LogP contribution in [-0.4, -0.2) is 38.1 Å². The van der Waals surface area contributed by atoms with Gasteiger partial charge in [-0.05, 0) is 41.1 Å². The van der Waals surface area contributed by atoms with E-state index in [4.69, 9.17) is 4.74 Å². The third-order valence-corrected chi connectivity index (χ3v) is 3.21. The highest BCUT2D eigenvalue weighted by Crippen LogP contribution is 2.17. The summed E-state index contributed by atoms with van der Waals surface area (Å²) in [5.74, 6) is -1.37. The standard InChI is InChI=1S/C13H16BrFN2O3/c1-8(12(18)16-5-6-20-2)17-13(19)10-7-9(15)3-4-11(10)14/h3-4,7-8H,5-6H2,1-2H3,(H,16,18)(H,17,19). The number of benzene rings is 1. The fraction of sp³-hybridized carbons (Fsp3) is 0.385. The van der Waals surface area contributed by atoms with Gasteiger partial charge < -0.3 is 15.4 Å². The van der Waals surface area contributed by atoms with Gasteiger partial charge in [0.1, 0.15) is 11.9 Å². The van der Waals surface area contributed by atoms with Gasteiger partial charge >= 0.3 is 0 Å². The molecule has 0 bridgehead atoms. The highest BCUT2D eigenvalue weighted by atomic mass is 79.9. The van der Waals surface area contributed by atoms with Crippen LogP contribution in [0.1, 0.15) is 17.3 Å². The Morgan fingerprint density at radius 3 is 2.80 bits per heavy atom. The Kier molecular flexibility index (Phi) is 6.60. The first kappa shape index (κ1) is 16.6. The molecule has 1 unspecified atom stereocenters. The molecule has 1 atom stereocenters. The van der Waals surface area contributed by atoms with Crippen LogP contribution in [0.4, 0.5) is 4.39 Å². The van der Waals surface area contributed by atoms with Gasteiger partial charge in [-0.2, -0.15) is 0 Å². The molecule has 0 aromatic heterocycles. The minimum Gasteiger partial charge on any atom is -0.383 e. The maximum atomic E-state index is 13.1. The summed E-state index contributed by atoms with van der Waals surface area (Å²) in [6.45, 7) is 2.30. The lowest BCUT2D eigenvalue weighted by molar-refractivity contribution is -0.122. The van der Waals surface area contributed by atoms with Gasteiger partial charge in [0.25, 0.3) is 5.91 Å². The maximum Gasteiger partial charge on any atom is 0.253 e. The Balaban J connectivity index is 2.61. The molecule has 110 valence electrons. The minimum atomic E-state index is -0.727. The van der Waals surface area contributed by atoms with Crippen molar-refractivity contribution in [3.63, 3.8) is 0 Å². The zero-order valence-corrected chi connectivity index (χ0v) is 12.8. The van der Waals surface area contributed by atoms with Crippen molar-refractivity contribution >= 4 is 27.7 Å². The van der Waals surface area contributed by atoms with Crippen molar-refractivity contribution in [1.29, 1.82) is 0 Å². The number of carbonyl (C=O) groups excluding carboxylic acids is 2. The molecule has 0 radical (unpaired) electrons. The highest BCUT2D eigenvalue weighted by molar-refractivity contribution is 9.10. The van der Waals surface area contributed by atoms with Crippen molar-refractivity contribution in [2.45, 2.75) is 13.0 Å². The zero-order valence-electron chi connectivity index (χ0n) is 11.2. The van der Waals surface area contributed by atoms with E-state index in [-0.39, 0.29) is 11.5 Å². The van der Waals surface area contributed by atoms with Crippen LogP contribution in [0.3, 0.4) is 0 Å². The fourth-order valence-corrected chi connectivity index (χ4v) is 1.87. The molecule has 0 heterocycles. The van der Waals surface area contributed by atoms with Gasteiger partial charge in [-0.3, -0.25) is 9.59 Å². The third-order valence-electron chi connectivity index (χ3n) is 2.52. The number of hydrogen-bond donors (Lipinski definition) is 2. The van der Waals surface area contributed by atoms with Crippen molar-refractivity contribution in [3.05, 3.63) is 34.1 Å². The highest BCUT2D eigenvalue weighted by Gasteiger charge is 2.18. The second-order valence-electron chi connectivity index (χ2n) is 4.10. The number of nitrogens with one attached hydrogen (secondary N) is 2. The lowest BCUT2D eigenvalue weighted by atomic mass is 10.2. The molecule has 0 aliphatic rings. The maximum absolute atomic E-state index is 13.1. The summed E-state index contributed by atoms with van der Waals surface area (Å²) in [6, 6.07) is 3.05. The largest absolute Gasteiger partial charge is 0.383 e. The molecule has 1 rings (SSSR count). The summed E-state index contributed by atoms with van der Waals surface area (Å²) in [6.07, 6.45) is 0. The van der Waals surface area contributed by atoms with Gasteiger partial charge in [0, 0.05) is 18.1 Å². The summed E-state index contributed by atoms with van der Waals surface area (Å²) in [4.78, 5) is 23.6. The van der Waals surface area contributed by atoms with E-state index >= 15 is 0 Å². The van der Waals surface area contributed by atoms with E-state index in [1.54, 1.807) is 6.92 Å². The molecule has 2 N–H and O–H groups in total. The lowest BCUT2D eigenvalue weighted by Crippen LogP contribution is -2.45. The number of ether oxygens (including phenoxy) is 1. The van der Waals surface area contributed by atoms with Crippen LogP contribution in [0, 0.1) is 5.82 Å². The molecule has 1 aromatic rings. The molecule has 0 saturated heterocycles. The number of halogens is 2. The molecule has 0 saturated carbocycles. The first-order chi connectivity index (χ1) is 9.45. The predicted octanol–water partition coefficient (Wildman–Crippen LogP) is 1.47. The second-order valence-corrected chi connectivity index (χ2v) is 4.96. The molecule has 0 spiro atoms. The monoisotopic (exact) mass is 346 g/mol. The van der Waals surface area contributed by atoms with Crippen LogP contribution >= 0.6 is 15.9 Å². The van der Waals surface area contributed by atoms with Gasteiger partial charge in [-0.15, -0.1) is 0 Å². The van der Waals surface area contributed by atoms with E-state index < -0.39 is 17.8 Å². The van der Waals surface area contributed by atoms with E-state index in [1.807, 2.05) is 0 Å². The van der Waals surface area contributed by atoms with Crippen molar-refractivity contribution < 1.29 is 18.7 Å². The molecule has 0 fully saturated rings. The van der Waals surface area contributed by atoms with Gasteiger partial charge in [0.05, 0.1) is 12.2 Å². The van der Waals surface area contributed by atoms with E-state index in [0.717, 1.165) is 6.07 Å². The Morgan fingerprint density at radius 1 is 1.45 bits per heavy atom. The number of rotatable bonds is 6. The van der Waals surface area contributed by atoms with Crippen LogP contribution in [0.15, 0.2) is 22.7 Å². The summed E-state index contributed by atoms with van der Waals surface area (Å²) in [7, 11) is 1.53. The quantitative estimate of drug-likeness (QED) is 0.766. The smallest absolute Gasteiger partial charge is 0.253 e. The van der Waals surface area contributed by atoms with Crippen molar-refractivity contribution in [2.75, 3.05) is 20.3 Å². The number of methoxy groups -OCH3 is 1. The van der Waals surface area contributed by atoms with Gasteiger partial charge in [0.15, 0.2) is 0 Å². The Labute approximate surface area is 125 Å². The lowest BCUT2D eigenvalue weighted by Gasteiger charge is -2.14. The predicted molar refractivity (Wildman–Crippen MR) is 75.9 cm³/mol. The SMILES string of the molecule is COCCNC(=O)C(C)NC(=O)c1cc(F)ccc1Br. The van der Waals surface area contributed by atoms with Gasteiger partial charge in [0.2, 0.25) is 5.91 Å². The summed E-state index contributed by atoms with van der Waals surface area (Å²) in [5, 5.41) is 5.10. The zero-order chi connectivity index (χ0) is 15.1. The summed E-state index contributed by atoms with van der Waals surface area (Å²) < 4.78 is 18.4. The Morgan fingerprint density at radius 2 is 2.15 bits per heavy atom. The van der Waals surface area contributed by atoms with Crippen LogP contribution in [0.25, 0.3) is 0 Å². The molecule has 5 nitrogen and oxygen atoms in total. The fourth-order valence-electron chi connectivity index (χ4n) is 1.44. The van der Waals surface area contributed by atoms with Crippen molar-refractivity contribution in [2.24, 2.45) is 0 Å². The second kappa shape index (κ2) is 7.96. The summed E-state index contributed by atoms with van der Waals surface area (Å²) in [5.41, 5.74) is 0.140. The normalized spacial score (nSPS) is 11.8. The molecule has 2 amide bonds. The van der Waals surface area contributed by atoms with Gasteiger partial charge in [-0.25, -0.2) is 4.39 Å². The minimum absolute atomic E-state index is 0.140. The average Bonchev–Trinajstić information content (AvgIpc) is 2.41. The van der Waals surface area contributed by atoms with Crippen LogP contribution in [-0.2, 0) is 9.53 Å². The molecule has 0 aliphatic carbocycles. The first-order valence-corrected chi connectivity index (χ1v) is 6.77. The average molecular weight is 347 g/mol. The number of amides is 2. The molecule has 1 aromatic carbocycles. The molecule has 20 heavy (non-hydrogen) atoms. The number of carbonyl (C=O) groups is 2. The summed E-state index contributed by atoms with van der Waals surface area (Å²) >= 11 is 3.16. The van der Waals surface area contributed by atoms with E-state index in [9.17, 15) is 14.0 Å². The molecule has 7 heteroatoms. The first-order valence-electron chi connectivity index (χ1n) is 5.98. The van der Waals surface area contributed by atoms with Crippen LogP contribution in [0.2, 0.25) is 0 Å². The van der Waals surface area contributed by atoms with E-state index in [1.165, 1.54) is 19.2 Å². The molecular formula is C13H16BrFN2O3. The van der Waals surface area contributed by atoms with Crippen LogP contribution in [0.5, 0.6) is 0 Å². The van der Waals surface area contributed by atoms with Gasteiger partial charge in [-0.1, -0.05) is 0 Å². The number of hydrogen-bond acceptors (Lipinski definition) is 3. The molecule has 0 aliphatic heterocycles. The van der Waals surface area contributed by atoms with E-state index in [2.05, 4.69) is 26.6 Å². The van der Waals surface area contributed by atoms with E-state index in [0.29, 0.717) is 17.6 Å². The van der Waals surface area contributed by atoms with Crippen LogP contribution < -0.4 is 10.6 Å². The van der Waals surface area contributed by atoms with Crippen molar-refractivity contribution in [1.82, 2.24) is 10.6 Å². The third kappa shape index (κ3) is 4.90.